The van der Waals surface area contributed by atoms with Gasteiger partial charge in [0.2, 0.25) is 5.91 Å². The highest BCUT2D eigenvalue weighted by Crippen LogP contribution is 2.40. The predicted molar refractivity (Wildman–Crippen MR) is 71.4 cm³/mol. The molecular formula is C15H20N2O. The Morgan fingerprint density at radius 2 is 1.94 bits per heavy atom. The highest BCUT2D eigenvalue weighted by Gasteiger charge is 2.30. The Kier molecular flexibility index (Phi) is 3.08. The fraction of sp³-hybridized carbons (Fsp3) is 0.533. The second kappa shape index (κ2) is 4.73. The van der Waals surface area contributed by atoms with E-state index in [0.29, 0.717) is 0 Å². The molecule has 1 heterocycles. The molecule has 1 saturated heterocycles. The summed E-state index contributed by atoms with van der Waals surface area (Å²) in [5.41, 5.74) is 8.05. The maximum absolute atomic E-state index is 11.7. The molecule has 1 aliphatic heterocycles. The van der Waals surface area contributed by atoms with Gasteiger partial charge in [0.05, 0.1) is 5.92 Å². The van der Waals surface area contributed by atoms with Gasteiger partial charge in [-0.3, -0.25) is 4.79 Å². The van der Waals surface area contributed by atoms with Gasteiger partial charge in [0.15, 0.2) is 0 Å². The average molecular weight is 244 g/mol. The van der Waals surface area contributed by atoms with Crippen molar-refractivity contribution in [3.8, 4) is 0 Å². The lowest BCUT2D eigenvalue weighted by atomic mass is 9.89. The molecule has 1 amide bonds. The van der Waals surface area contributed by atoms with Crippen molar-refractivity contribution in [2.24, 2.45) is 5.73 Å². The van der Waals surface area contributed by atoms with Crippen LogP contribution >= 0.6 is 0 Å². The van der Waals surface area contributed by atoms with Crippen LogP contribution in [0.15, 0.2) is 24.3 Å². The van der Waals surface area contributed by atoms with Gasteiger partial charge in [-0.2, -0.15) is 0 Å². The van der Waals surface area contributed by atoms with Gasteiger partial charge < -0.3 is 11.1 Å². The first-order chi connectivity index (χ1) is 8.75. The highest BCUT2D eigenvalue weighted by atomic mass is 16.1. The molecule has 1 aliphatic carbocycles. The van der Waals surface area contributed by atoms with Crippen molar-refractivity contribution >= 4 is 5.91 Å². The molecule has 1 aromatic carbocycles. The molecule has 0 spiro atoms. The molecule has 0 bridgehead atoms. The molecule has 2 fully saturated rings. The molecule has 0 radical (unpaired) electrons. The minimum atomic E-state index is -0.214. The summed E-state index contributed by atoms with van der Waals surface area (Å²) >= 11 is 0. The van der Waals surface area contributed by atoms with E-state index >= 15 is 0 Å². The van der Waals surface area contributed by atoms with Crippen molar-refractivity contribution in [1.29, 1.82) is 0 Å². The maximum Gasteiger partial charge on any atom is 0.226 e. The highest BCUT2D eigenvalue weighted by molar-refractivity contribution is 5.83. The van der Waals surface area contributed by atoms with Gasteiger partial charge in [-0.05, 0) is 49.3 Å². The van der Waals surface area contributed by atoms with E-state index in [-0.39, 0.29) is 17.9 Å². The topological polar surface area (TPSA) is 55.1 Å². The minimum Gasteiger partial charge on any atom is -0.369 e. The van der Waals surface area contributed by atoms with Crippen LogP contribution in [0.1, 0.15) is 48.6 Å². The molecule has 2 aliphatic rings. The standard InChI is InChI=1S/C15H20N2O/c16-15(18)14(13-2-1-9-17-13)12-7-5-11(6-8-12)10-3-4-10/h5-8,10,13-14,17H,1-4,9H2,(H2,16,18)/t13-,14-/m0/s1. The van der Waals surface area contributed by atoms with Gasteiger partial charge >= 0.3 is 0 Å². The number of benzene rings is 1. The molecule has 3 rings (SSSR count). The fourth-order valence-corrected chi connectivity index (χ4v) is 2.98. The Morgan fingerprint density at radius 3 is 2.44 bits per heavy atom. The normalized spacial score (nSPS) is 25.0. The summed E-state index contributed by atoms with van der Waals surface area (Å²) in [5.74, 6) is 0.366. The molecule has 96 valence electrons. The maximum atomic E-state index is 11.7. The predicted octanol–water partition coefficient (Wildman–Crippen LogP) is 1.88. The number of hydrogen-bond acceptors (Lipinski definition) is 2. The van der Waals surface area contributed by atoms with Gasteiger partial charge in [0.1, 0.15) is 0 Å². The third kappa shape index (κ3) is 2.27. The third-order valence-corrected chi connectivity index (χ3v) is 4.15. The number of carbonyl (C=O) groups is 1. The first-order valence-corrected chi connectivity index (χ1v) is 6.88. The molecular weight excluding hydrogens is 224 g/mol. The molecule has 1 aromatic rings. The van der Waals surface area contributed by atoms with Crippen LogP contribution < -0.4 is 11.1 Å². The van der Waals surface area contributed by atoms with Crippen molar-refractivity contribution < 1.29 is 4.79 Å². The SMILES string of the molecule is NC(=O)[C@@H](c1ccc(C2CC2)cc1)[C@@H]1CCCN1. The van der Waals surface area contributed by atoms with E-state index in [9.17, 15) is 4.79 Å². The Balaban J connectivity index is 1.82. The Morgan fingerprint density at radius 1 is 1.22 bits per heavy atom. The van der Waals surface area contributed by atoms with Gasteiger partial charge in [-0.1, -0.05) is 24.3 Å². The van der Waals surface area contributed by atoms with Crippen molar-refractivity contribution in [3.63, 3.8) is 0 Å². The molecule has 3 N–H and O–H groups in total. The largest absolute Gasteiger partial charge is 0.369 e. The van der Waals surface area contributed by atoms with Crippen molar-refractivity contribution in [2.45, 2.75) is 43.6 Å². The second-order valence-corrected chi connectivity index (χ2v) is 5.52. The zero-order chi connectivity index (χ0) is 12.5. The Hall–Kier alpha value is -1.35. The summed E-state index contributed by atoms with van der Waals surface area (Å²) in [5, 5.41) is 3.39. The fourth-order valence-electron chi connectivity index (χ4n) is 2.98. The Labute approximate surface area is 108 Å². The molecule has 1 saturated carbocycles. The summed E-state index contributed by atoms with van der Waals surface area (Å²) in [6, 6.07) is 8.72. The van der Waals surface area contributed by atoms with E-state index in [2.05, 4.69) is 29.6 Å². The molecule has 2 atom stereocenters. The molecule has 0 aromatic heterocycles. The van der Waals surface area contributed by atoms with Crippen LogP contribution in [0.25, 0.3) is 0 Å². The number of nitrogens with one attached hydrogen (secondary N) is 1. The number of rotatable bonds is 4. The third-order valence-electron chi connectivity index (χ3n) is 4.15. The quantitative estimate of drug-likeness (QED) is 0.849. The van der Waals surface area contributed by atoms with Gasteiger partial charge in [0.25, 0.3) is 0 Å². The molecule has 3 nitrogen and oxygen atoms in total. The van der Waals surface area contributed by atoms with Crippen LogP contribution in [0.3, 0.4) is 0 Å². The lowest BCUT2D eigenvalue weighted by molar-refractivity contribution is -0.120. The molecule has 0 unspecified atom stereocenters. The van der Waals surface area contributed by atoms with E-state index in [1.165, 1.54) is 18.4 Å². The summed E-state index contributed by atoms with van der Waals surface area (Å²) in [7, 11) is 0. The molecule has 3 heteroatoms. The first-order valence-electron chi connectivity index (χ1n) is 6.88. The summed E-state index contributed by atoms with van der Waals surface area (Å²) < 4.78 is 0. The van der Waals surface area contributed by atoms with E-state index in [1.54, 1.807) is 0 Å². The second-order valence-electron chi connectivity index (χ2n) is 5.52. The van der Waals surface area contributed by atoms with Crippen LogP contribution in [0, 0.1) is 0 Å². The number of primary amides is 1. The zero-order valence-corrected chi connectivity index (χ0v) is 10.6. The van der Waals surface area contributed by atoms with E-state index in [0.717, 1.165) is 30.9 Å². The van der Waals surface area contributed by atoms with Crippen LogP contribution in [0.4, 0.5) is 0 Å². The zero-order valence-electron chi connectivity index (χ0n) is 10.6. The first kappa shape index (κ1) is 11.7. The minimum absolute atomic E-state index is 0.180. The number of nitrogens with two attached hydrogens (primary N) is 1. The Bertz CT molecular complexity index is 430. The van der Waals surface area contributed by atoms with E-state index in [4.69, 9.17) is 5.73 Å². The van der Waals surface area contributed by atoms with Crippen LogP contribution in [-0.2, 0) is 4.79 Å². The van der Waals surface area contributed by atoms with Crippen molar-refractivity contribution in [2.75, 3.05) is 6.54 Å². The summed E-state index contributed by atoms with van der Waals surface area (Å²) in [6.45, 7) is 0.995. The van der Waals surface area contributed by atoms with Gasteiger partial charge in [-0.25, -0.2) is 0 Å². The van der Waals surface area contributed by atoms with Crippen molar-refractivity contribution in [3.05, 3.63) is 35.4 Å². The number of carbonyl (C=O) groups excluding carboxylic acids is 1. The molecule has 18 heavy (non-hydrogen) atoms. The lowest BCUT2D eigenvalue weighted by Gasteiger charge is -2.21. The van der Waals surface area contributed by atoms with E-state index in [1.807, 2.05) is 0 Å². The number of amides is 1. The average Bonchev–Trinajstić information content (AvgIpc) is 3.08. The summed E-state index contributed by atoms with van der Waals surface area (Å²) in [6.07, 6.45) is 4.79. The van der Waals surface area contributed by atoms with Gasteiger partial charge in [0, 0.05) is 6.04 Å². The number of hydrogen-bond donors (Lipinski definition) is 2. The smallest absolute Gasteiger partial charge is 0.226 e. The monoisotopic (exact) mass is 244 g/mol. The lowest BCUT2D eigenvalue weighted by Crippen LogP contribution is -2.37. The van der Waals surface area contributed by atoms with Crippen LogP contribution in [0.5, 0.6) is 0 Å². The van der Waals surface area contributed by atoms with E-state index < -0.39 is 0 Å². The summed E-state index contributed by atoms with van der Waals surface area (Å²) in [4.78, 5) is 11.7. The van der Waals surface area contributed by atoms with Gasteiger partial charge in [-0.15, -0.1) is 0 Å². The van der Waals surface area contributed by atoms with Crippen LogP contribution in [-0.4, -0.2) is 18.5 Å². The van der Waals surface area contributed by atoms with Crippen LogP contribution in [0.2, 0.25) is 0 Å². The van der Waals surface area contributed by atoms with Crippen molar-refractivity contribution in [1.82, 2.24) is 5.32 Å².